The number of carbonyl (C=O) groups is 2. The van der Waals surface area contributed by atoms with Gasteiger partial charge in [-0.05, 0) is 36.8 Å². The summed E-state index contributed by atoms with van der Waals surface area (Å²) in [7, 11) is 0. The van der Waals surface area contributed by atoms with Crippen LogP contribution >= 0.6 is 31.9 Å². The Morgan fingerprint density at radius 3 is 1.27 bits per heavy atom. The van der Waals surface area contributed by atoms with E-state index in [2.05, 4.69) is 31.9 Å². The summed E-state index contributed by atoms with van der Waals surface area (Å²) in [6.07, 6.45) is 4.41. The molecule has 2 nitrogen and oxygen atoms in total. The average Bonchev–Trinajstić information content (AvgIpc) is 2.66. The number of hydrogen-bond donors (Lipinski definition) is 0. The van der Waals surface area contributed by atoms with Gasteiger partial charge in [0.25, 0.3) is 0 Å². The lowest BCUT2D eigenvalue weighted by atomic mass is 10.00. The first-order chi connectivity index (χ1) is 12.6. The van der Waals surface area contributed by atoms with Crippen LogP contribution in [-0.2, 0) is 12.8 Å². The molecular formula is C22H24Br2O2. The lowest BCUT2D eigenvalue weighted by Crippen LogP contribution is -2.02. The zero-order chi connectivity index (χ0) is 18.8. The number of hydrogen-bond acceptors (Lipinski definition) is 2. The van der Waals surface area contributed by atoms with Gasteiger partial charge in [0.15, 0.2) is 11.6 Å². The number of unbranched alkanes of at least 4 members (excludes halogenated alkanes) is 1. The Morgan fingerprint density at radius 2 is 0.962 bits per heavy atom. The average molecular weight is 480 g/mol. The molecule has 0 N–H and O–H groups in total. The van der Waals surface area contributed by atoms with Gasteiger partial charge < -0.3 is 0 Å². The highest BCUT2D eigenvalue weighted by atomic mass is 79.9. The minimum atomic E-state index is 0.155. The molecule has 138 valence electrons. The van der Waals surface area contributed by atoms with Gasteiger partial charge in [-0.2, -0.15) is 0 Å². The number of rotatable bonds is 11. The molecule has 0 bridgehead atoms. The summed E-state index contributed by atoms with van der Waals surface area (Å²) in [5.41, 5.74) is 3.98. The van der Waals surface area contributed by atoms with Crippen LogP contribution in [0.1, 0.15) is 57.5 Å². The fourth-order valence-electron chi connectivity index (χ4n) is 2.79. The van der Waals surface area contributed by atoms with Crippen LogP contribution in [0.3, 0.4) is 0 Å². The van der Waals surface area contributed by atoms with Crippen molar-refractivity contribution in [3.05, 3.63) is 70.8 Å². The number of aryl methyl sites for hydroxylation is 2. The first-order valence-electron chi connectivity index (χ1n) is 9.00. The molecule has 0 amide bonds. The maximum absolute atomic E-state index is 12.2. The molecule has 0 aliphatic heterocycles. The number of Topliss-reactive ketones (excluding diaryl/α,β-unsaturated/α-hetero) is 2. The molecule has 0 heterocycles. The van der Waals surface area contributed by atoms with Crippen LogP contribution in [0.2, 0.25) is 0 Å². The molecule has 2 rings (SSSR count). The van der Waals surface area contributed by atoms with Gasteiger partial charge in [-0.3, -0.25) is 9.59 Å². The Morgan fingerprint density at radius 1 is 0.615 bits per heavy atom. The number of carbonyl (C=O) groups excluding carboxylic acids is 2. The van der Waals surface area contributed by atoms with Gasteiger partial charge in [-0.1, -0.05) is 80.4 Å². The van der Waals surface area contributed by atoms with Crippen LogP contribution in [0.25, 0.3) is 0 Å². The number of alkyl halides is 2. The molecule has 0 fully saturated rings. The summed E-state index contributed by atoms with van der Waals surface area (Å²) < 4.78 is 0. The van der Waals surface area contributed by atoms with Crippen molar-refractivity contribution in [2.75, 3.05) is 10.7 Å². The molecule has 0 radical (unpaired) electrons. The van der Waals surface area contributed by atoms with E-state index in [9.17, 15) is 9.59 Å². The summed E-state index contributed by atoms with van der Waals surface area (Å²) in [6.45, 7) is 0. The van der Waals surface area contributed by atoms with E-state index >= 15 is 0 Å². The topological polar surface area (TPSA) is 34.1 Å². The van der Waals surface area contributed by atoms with Crippen LogP contribution in [-0.4, -0.2) is 22.2 Å². The SMILES string of the molecule is O=C(CCCCC(=O)c1ccc(CCBr)cc1)c1ccc(CCBr)cc1. The first kappa shape index (κ1) is 21.0. The predicted octanol–water partition coefficient (Wildman–Crippen LogP) is 6.19. The number of ketones is 2. The van der Waals surface area contributed by atoms with E-state index in [1.165, 1.54) is 11.1 Å². The lowest BCUT2D eigenvalue weighted by molar-refractivity contribution is 0.0954. The van der Waals surface area contributed by atoms with Crippen molar-refractivity contribution < 1.29 is 9.59 Å². The molecule has 0 atom stereocenters. The van der Waals surface area contributed by atoms with Crippen molar-refractivity contribution in [2.45, 2.75) is 38.5 Å². The summed E-state index contributed by atoms with van der Waals surface area (Å²) in [5.74, 6) is 0.309. The van der Waals surface area contributed by atoms with E-state index < -0.39 is 0 Å². The van der Waals surface area contributed by atoms with E-state index in [-0.39, 0.29) is 11.6 Å². The molecule has 0 spiro atoms. The Balaban J connectivity index is 1.73. The third-order valence-electron chi connectivity index (χ3n) is 4.38. The zero-order valence-electron chi connectivity index (χ0n) is 14.8. The van der Waals surface area contributed by atoms with Gasteiger partial charge in [0, 0.05) is 34.6 Å². The molecule has 26 heavy (non-hydrogen) atoms. The summed E-state index contributed by atoms with van der Waals surface area (Å²) in [5, 5.41) is 1.85. The van der Waals surface area contributed by atoms with Crippen molar-refractivity contribution in [1.29, 1.82) is 0 Å². The third-order valence-corrected chi connectivity index (χ3v) is 5.17. The monoisotopic (exact) mass is 478 g/mol. The minimum Gasteiger partial charge on any atom is -0.294 e. The van der Waals surface area contributed by atoms with Crippen molar-refractivity contribution >= 4 is 43.4 Å². The lowest BCUT2D eigenvalue weighted by Gasteiger charge is -2.04. The Bertz CT molecular complexity index is 642. The molecule has 0 aliphatic rings. The second-order valence-electron chi connectivity index (χ2n) is 6.33. The van der Waals surface area contributed by atoms with E-state index in [0.29, 0.717) is 12.8 Å². The van der Waals surface area contributed by atoms with E-state index in [1.54, 1.807) is 0 Å². The molecule has 0 saturated heterocycles. The largest absolute Gasteiger partial charge is 0.294 e. The highest BCUT2D eigenvalue weighted by Gasteiger charge is 2.09. The molecule has 0 aromatic heterocycles. The van der Waals surface area contributed by atoms with Crippen LogP contribution in [0.4, 0.5) is 0 Å². The van der Waals surface area contributed by atoms with E-state index in [1.807, 2.05) is 48.5 Å². The van der Waals surface area contributed by atoms with E-state index in [4.69, 9.17) is 0 Å². The van der Waals surface area contributed by atoms with Gasteiger partial charge >= 0.3 is 0 Å². The van der Waals surface area contributed by atoms with Crippen molar-refractivity contribution in [3.8, 4) is 0 Å². The zero-order valence-corrected chi connectivity index (χ0v) is 18.0. The van der Waals surface area contributed by atoms with E-state index in [0.717, 1.165) is 47.5 Å². The number of halogens is 2. The number of benzene rings is 2. The molecule has 2 aromatic carbocycles. The standard InChI is InChI=1S/C22H24Br2O2/c23-15-13-17-5-9-19(10-6-17)21(25)3-1-2-4-22(26)20-11-7-18(8-12-20)14-16-24/h5-12H,1-4,13-16H2. The minimum absolute atomic E-state index is 0.155. The van der Waals surface area contributed by atoms with Gasteiger partial charge in [0.1, 0.15) is 0 Å². The molecule has 0 unspecified atom stereocenters. The second kappa shape index (κ2) is 11.5. The van der Waals surface area contributed by atoms with Gasteiger partial charge in [-0.15, -0.1) is 0 Å². The van der Waals surface area contributed by atoms with Crippen LogP contribution in [0.5, 0.6) is 0 Å². The van der Waals surface area contributed by atoms with Crippen LogP contribution in [0, 0.1) is 0 Å². The first-order valence-corrected chi connectivity index (χ1v) is 11.2. The summed E-state index contributed by atoms with van der Waals surface area (Å²) in [4.78, 5) is 24.5. The Hall–Kier alpha value is -1.26. The highest BCUT2D eigenvalue weighted by Crippen LogP contribution is 2.14. The van der Waals surface area contributed by atoms with Crippen LogP contribution < -0.4 is 0 Å². The highest BCUT2D eigenvalue weighted by molar-refractivity contribution is 9.09. The Kier molecular flexibility index (Phi) is 9.27. The Labute approximate surface area is 172 Å². The summed E-state index contributed by atoms with van der Waals surface area (Å²) >= 11 is 6.84. The van der Waals surface area contributed by atoms with Crippen molar-refractivity contribution in [1.82, 2.24) is 0 Å². The molecule has 2 aromatic rings. The van der Waals surface area contributed by atoms with Crippen molar-refractivity contribution in [2.24, 2.45) is 0 Å². The molecule has 0 saturated carbocycles. The molecule has 0 aliphatic carbocycles. The maximum atomic E-state index is 12.2. The molecular weight excluding hydrogens is 456 g/mol. The quantitative estimate of drug-likeness (QED) is 0.219. The van der Waals surface area contributed by atoms with Gasteiger partial charge in [0.05, 0.1) is 0 Å². The predicted molar refractivity (Wildman–Crippen MR) is 115 cm³/mol. The summed E-state index contributed by atoms with van der Waals surface area (Å²) in [6, 6.07) is 15.7. The fraction of sp³-hybridized carbons (Fsp3) is 0.364. The maximum Gasteiger partial charge on any atom is 0.162 e. The smallest absolute Gasteiger partial charge is 0.162 e. The normalized spacial score (nSPS) is 10.7. The second-order valence-corrected chi connectivity index (χ2v) is 7.91. The van der Waals surface area contributed by atoms with Crippen molar-refractivity contribution in [3.63, 3.8) is 0 Å². The van der Waals surface area contributed by atoms with Crippen LogP contribution in [0.15, 0.2) is 48.5 Å². The van der Waals surface area contributed by atoms with Gasteiger partial charge in [0.2, 0.25) is 0 Å². The molecule has 4 heteroatoms. The van der Waals surface area contributed by atoms with Gasteiger partial charge in [-0.25, -0.2) is 0 Å². The third kappa shape index (κ3) is 6.81. The fourth-order valence-corrected chi connectivity index (χ4v) is 3.71.